The number of hydrogen-bond donors (Lipinski definition) is 1. The third kappa shape index (κ3) is 6.34. The maximum absolute atomic E-state index is 11.6. The van der Waals surface area contributed by atoms with Crippen LogP contribution in [0.4, 0.5) is 0 Å². The molecule has 4 aliphatic carbocycles. The fourth-order valence-electron chi connectivity index (χ4n) is 9.45. The van der Waals surface area contributed by atoms with Crippen molar-refractivity contribution in [1.29, 1.82) is 0 Å². The third-order valence-electron chi connectivity index (χ3n) is 11.5. The molecule has 0 bridgehead atoms. The van der Waals surface area contributed by atoms with Crippen molar-refractivity contribution in [3.8, 4) is 0 Å². The Labute approximate surface area is 231 Å². The molecule has 0 saturated heterocycles. The summed E-state index contributed by atoms with van der Waals surface area (Å²) < 4.78 is 11.3. The number of rotatable bonds is 12. The summed E-state index contributed by atoms with van der Waals surface area (Å²) >= 11 is 0. The van der Waals surface area contributed by atoms with Gasteiger partial charge in [0.1, 0.15) is 6.61 Å². The van der Waals surface area contributed by atoms with Crippen LogP contribution in [0.1, 0.15) is 118 Å². The normalized spacial score (nSPS) is 37.1. The van der Waals surface area contributed by atoms with Crippen LogP contribution in [0.2, 0.25) is 0 Å². The molecule has 0 spiro atoms. The highest BCUT2D eigenvalue weighted by molar-refractivity contribution is 5.76. The monoisotopic (exact) mass is 530 g/mol. The standard InChI is InChI=1S/C33H54O5/c1-22(2)7-6-8-23(3)27-11-12-28-26-10-9-24-21-25(37-19-20-38-31(36)14-13-30(34)35)15-17-32(24,4)29(26)16-18-33(27,28)5/h9,22-23,25-29H,6-8,10-21H2,1-5H3,(H,34,35)/t23-,25?,26?,27-,28?,29?,32+,33-/m1/s1. The number of carbonyl (C=O) groups is 2. The molecule has 0 amide bonds. The number of hydrogen-bond acceptors (Lipinski definition) is 4. The molecule has 216 valence electrons. The zero-order valence-electron chi connectivity index (χ0n) is 24.8. The molecule has 4 aliphatic rings. The van der Waals surface area contributed by atoms with Gasteiger partial charge in [0, 0.05) is 0 Å². The van der Waals surface area contributed by atoms with Gasteiger partial charge in [0.15, 0.2) is 0 Å². The second kappa shape index (κ2) is 12.4. The number of fused-ring (bicyclic) bond motifs is 5. The Hall–Kier alpha value is -1.36. The van der Waals surface area contributed by atoms with Gasteiger partial charge in [-0.1, -0.05) is 65.5 Å². The van der Waals surface area contributed by atoms with Crippen LogP contribution in [0.5, 0.6) is 0 Å². The summed E-state index contributed by atoms with van der Waals surface area (Å²) in [6.07, 6.45) is 16.9. The number of aliphatic carboxylic acids is 1. The number of esters is 1. The number of carboxylic acid groups (broad SMARTS) is 1. The highest BCUT2D eigenvalue weighted by atomic mass is 16.6. The Bertz CT molecular complexity index is 863. The molecule has 0 aromatic heterocycles. The molecular formula is C33H54O5. The van der Waals surface area contributed by atoms with Gasteiger partial charge in [-0.2, -0.15) is 0 Å². The Balaban J connectivity index is 1.30. The van der Waals surface area contributed by atoms with Gasteiger partial charge in [0.25, 0.3) is 0 Å². The lowest BCUT2D eigenvalue weighted by Crippen LogP contribution is -2.51. The van der Waals surface area contributed by atoms with Crippen molar-refractivity contribution in [3.63, 3.8) is 0 Å². The van der Waals surface area contributed by atoms with Crippen LogP contribution in [-0.2, 0) is 19.1 Å². The second-order valence-corrected chi connectivity index (χ2v) is 14.1. The van der Waals surface area contributed by atoms with Crippen molar-refractivity contribution in [2.45, 2.75) is 124 Å². The van der Waals surface area contributed by atoms with Crippen molar-refractivity contribution < 1.29 is 24.2 Å². The maximum Gasteiger partial charge on any atom is 0.306 e. The summed E-state index contributed by atoms with van der Waals surface area (Å²) in [7, 11) is 0. The van der Waals surface area contributed by atoms with Crippen LogP contribution >= 0.6 is 0 Å². The Morgan fingerprint density at radius 1 is 1.00 bits per heavy atom. The van der Waals surface area contributed by atoms with E-state index in [2.05, 4.69) is 40.7 Å². The Morgan fingerprint density at radius 2 is 1.79 bits per heavy atom. The summed E-state index contributed by atoms with van der Waals surface area (Å²) in [5.74, 6) is 3.69. The predicted molar refractivity (Wildman–Crippen MR) is 151 cm³/mol. The van der Waals surface area contributed by atoms with E-state index in [0.717, 1.165) is 48.3 Å². The predicted octanol–water partition coefficient (Wildman–Crippen LogP) is 7.82. The molecule has 5 nitrogen and oxygen atoms in total. The lowest BCUT2D eigenvalue weighted by molar-refractivity contribution is -0.149. The SMILES string of the molecule is CC(C)CCC[C@@H](C)[C@H]1CCC2C3CC=C4CC(OCCOC(=O)CCC(=O)O)CC[C@]4(C)C3CC[C@@]21C. The van der Waals surface area contributed by atoms with E-state index < -0.39 is 11.9 Å². The summed E-state index contributed by atoms with van der Waals surface area (Å²) in [4.78, 5) is 22.2. The molecule has 5 heteroatoms. The van der Waals surface area contributed by atoms with Gasteiger partial charge >= 0.3 is 11.9 Å². The van der Waals surface area contributed by atoms with Crippen LogP contribution in [-0.4, -0.2) is 36.4 Å². The summed E-state index contributed by atoms with van der Waals surface area (Å²) in [6, 6.07) is 0. The van der Waals surface area contributed by atoms with E-state index in [-0.39, 0.29) is 25.6 Å². The third-order valence-corrected chi connectivity index (χ3v) is 11.5. The van der Waals surface area contributed by atoms with Crippen LogP contribution in [0.25, 0.3) is 0 Å². The molecule has 3 saturated carbocycles. The molecular weight excluding hydrogens is 476 g/mol. The number of carboxylic acids is 1. The van der Waals surface area contributed by atoms with Crippen molar-refractivity contribution >= 4 is 11.9 Å². The van der Waals surface area contributed by atoms with Crippen molar-refractivity contribution in [1.82, 2.24) is 0 Å². The molecule has 0 aromatic carbocycles. The fraction of sp³-hybridized carbons (Fsp3) is 0.879. The van der Waals surface area contributed by atoms with Crippen LogP contribution in [0.3, 0.4) is 0 Å². The molecule has 4 unspecified atom stereocenters. The molecule has 3 fully saturated rings. The molecule has 0 heterocycles. The quantitative estimate of drug-likeness (QED) is 0.158. The van der Waals surface area contributed by atoms with E-state index in [1.165, 1.54) is 57.8 Å². The zero-order valence-corrected chi connectivity index (χ0v) is 24.8. The molecule has 38 heavy (non-hydrogen) atoms. The lowest BCUT2D eigenvalue weighted by Gasteiger charge is -2.58. The molecule has 4 rings (SSSR count). The zero-order chi connectivity index (χ0) is 27.5. The topological polar surface area (TPSA) is 72.8 Å². The largest absolute Gasteiger partial charge is 0.481 e. The van der Waals surface area contributed by atoms with Crippen LogP contribution < -0.4 is 0 Å². The summed E-state index contributed by atoms with van der Waals surface area (Å²) in [5, 5.41) is 8.69. The van der Waals surface area contributed by atoms with E-state index in [1.807, 2.05) is 0 Å². The Morgan fingerprint density at radius 3 is 2.53 bits per heavy atom. The van der Waals surface area contributed by atoms with Gasteiger partial charge in [-0.15, -0.1) is 0 Å². The van der Waals surface area contributed by atoms with Gasteiger partial charge in [0.2, 0.25) is 0 Å². The first-order valence-electron chi connectivity index (χ1n) is 15.7. The summed E-state index contributed by atoms with van der Waals surface area (Å²) in [5.41, 5.74) is 2.46. The minimum atomic E-state index is -0.978. The number of ether oxygens (including phenoxy) is 2. The average Bonchev–Trinajstić information content (AvgIpc) is 3.22. The van der Waals surface area contributed by atoms with Crippen LogP contribution in [0, 0.1) is 46.3 Å². The molecule has 0 aromatic rings. The highest BCUT2D eigenvalue weighted by Gasteiger charge is 2.59. The first kappa shape index (κ1) is 29.6. The first-order chi connectivity index (χ1) is 18.0. The lowest BCUT2D eigenvalue weighted by atomic mass is 9.47. The van der Waals surface area contributed by atoms with Crippen molar-refractivity contribution in [2.75, 3.05) is 13.2 Å². The molecule has 0 aliphatic heterocycles. The van der Waals surface area contributed by atoms with E-state index >= 15 is 0 Å². The first-order valence-corrected chi connectivity index (χ1v) is 15.7. The smallest absolute Gasteiger partial charge is 0.306 e. The van der Waals surface area contributed by atoms with Gasteiger partial charge in [-0.25, -0.2) is 0 Å². The second-order valence-electron chi connectivity index (χ2n) is 14.1. The van der Waals surface area contributed by atoms with Gasteiger partial charge < -0.3 is 14.6 Å². The fourth-order valence-corrected chi connectivity index (χ4v) is 9.45. The Kier molecular flexibility index (Phi) is 9.69. The molecule has 8 atom stereocenters. The van der Waals surface area contributed by atoms with Crippen molar-refractivity contribution in [2.24, 2.45) is 46.3 Å². The van der Waals surface area contributed by atoms with E-state index in [1.54, 1.807) is 5.57 Å². The van der Waals surface area contributed by atoms with Gasteiger partial charge in [0.05, 0.1) is 25.6 Å². The van der Waals surface area contributed by atoms with Gasteiger partial charge in [-0.3, -0.25) is 9.59 Å². The highest BCUT2D eigenvalue weighted by Crippen LogP contribution is 2.67. The minimum Gasteiger partial charge on any atom is -0.481 e. The van der Waals surface area contributed by atoms with Gasteiger partial charge in [-0.05, 0) is 97.7 Å². The van der Waals surface area contributed by atoms with E-state index in [9.17, 15) is 9.59 Å². The molecule has 0 radical (unpaired) electrons. The number of allylic oxidation sites excluding steroid dienone is 1. The molecule has 1 N–H and O–H groups in total. The van der Waals surface area contributed by atoms with Crippen molar-refractivity contribution in [3.05, 3.63) is 11.6 Å². The van der Waals surface area contributed by atoms with Crippen LogP contribution in [0.15, 0.2) is 11.6 Å². The van der Waals surface area contributed by atoms with E-state index in [4.69, 9.17) is 14.6 Å². The minimum absolute atomic E-state index is 0.0790. The maximum atomic E-state index is 11.6. The number of carbonyl (C=O) groups excluding carboxylic acids is 1. The van der Waals surface area contributed by atoms with E-state index in [0.29, 0.717) is 17.4 Å². The summed E-state index contributed by atoms with van der Waals surface area (Å²) in [6.45, 7) is 13.1. The average molecular weight is 531 g/mol.